The fourth-order valence-corrected chi connectivity index (χ4v) is 4.56. The van der Waals surface area contributed by atoms with E-state index < -0.39 is 74.5 Å². The molecule has 21 heteroatoms. The van der Waals surface area contributed by atoms with E-state index in [2.05, 4.69) is 10.2 Å². The van der Waals surface area contributed by atoms with Gasteiger partial charge in [-0.25, -0.2) is 4.57 Å². The number of nitro benzene ring substituents is 1. The monoisotopic (exact) mass is 659 g/mol. The van der Waals surface area contributed by atoms with Crippen LogP contribution in [0.2, 0.25) is 0 Å². The zero-order valence-corrected chi connectivity index (χ0v) is 22.8. The zero-order valence-electron chi connectivity index (χ0n) is 22.0. The van der Waals surface area contributed by atoms with E-state index in [0.717, 1.165) is 12.1 Å². The van der Waals surface area contributed by atoms with Crippen molar-refractivity contribution in [1.82, 2.24) is 19.7 Å². The highest BCUT2D eigenvalue weighted by Crippen LogP contribution is 2.52. The van der Waals surface area contributed by atoms with Crippen molar-refractivity contribution < 1.29 is 54.0 Å². The molecule has 2 aromatic carbocycles. The normalized spacial score (nSPS) is 12.6. The summed E-state index contributed by atoms with van der Waals surface area (Å²) >= 11 is 0.440. The fourth-order valence-electron chi connectivity index (χ4n) is 3.61. The van der Waals surface area contributed by atoms with Crippen LogP contribution >= 0.6 is 11.8 Å². The third-order valence-electron chi connectivity index (χ3n) is 5.64. The van der Waals surface area contributed by atoms with Crippen molar-refractivity contribution in [2.45, 2.75) is 41.2 Å². The Balaban J connectivity index is 2.05. The van der Waals surface area contributed by atoms with Crippen molar-refractivity contribution >= 4 is 35.0 Å². The SMILES string of the molecule is CN(C)Cc1nnc(Sc2ccc([N+](=O)[O-])cc2C(=O)Nc2ccc(C(F)(F)C(F)(F)C(F)(F)F)c(C(N)=O)c2)n1C(F)F. The Hall–Kier alpha value is -4.40. The Bertz CT molecular complexity index is 1600. The number of nitrogens with two attached hydrogens (primary N) is 1. The Morgan fingerprint density at radius 1 is 1.05 bits per heavy atom. The number of hydrogen-bond acceptors (Lipinski definition) is 8. The van der Waals surface area contributed by atoms with Crippen LogP contribution in [0.1, 0.15) is 38.7 Å². The van der Waals surface area contributed by atoms with Gasteiger partial charge in [-0.15, -0.1) is 10.2 Å². The zero-order chi connectivity index (χ0) is 33.4. The maximum atomic E-state index is 14.3. The lowest BCUT2D eigenvalue weighted by Crippen LogP contribution is -2.50. The van der Waals surface area contributed by atoms with Crippen LogP contribution in [0.5, 0.6) is 0 Å². The number of nitro groups is 1. The molecule has 0 radical (unpaired) electrons. The molecule has 0 fully saturated rings. The number of non-ortho nitro benzene ring substituents is 1. The highest BCUT2D eigenvalue weighted by atomic mass is 32.2. The second kappa shape index (κ2) is 12.3. The summed E-state index contributed by atoms with van der Waals surface area (Å²) in [5.74, 6) is -15.9. The van der Waals surface area contributed by atoms with Gasteiger partial charge in [0.1, 0.15) is 0 Å². The summed E-state index contributed by atoms with van der Waals surface area (Å²) in [5, 5.41) is 20.3. The molecule has 0 aliphatic heterocycles. The summed E-state index contributed by atoms with van der Waals surface area (Å²) in [6.45, 7) is -3.22. The summed E-state index contributed by atoms with van der Waals surface area (Å²) in [5.41, 5.74) is -0.536. The van der Waals surface area contributed by atoms with Crippen molar-refractivity contribution in [3.8, 4) is 0 Å². The van der Waals surface area contributed by atoms with Crippen LogP contribution in [0, 0.1) is 10.1 Å². The lowest BCUT2D eigenvalue weighted by molar-refractivity contribution is -0.384. The van der Waals surface area contributed by atoms with Crippen molar-refractivity contribution in [2.24, 2.45) is 5.73 Å². The van der Waals surface area contributed by atoms with Gasteiger partial charge in [-0.05, 0) is 50.1 Å². The second-order valence-electron chi connectivity index (χ2n) is 9.05. The molecular weight excluding hydrogens is 641 g/mol. The number of rotatable bonds is 11. The van der Waals surface area contributed by atoms with E-state index >= 15 is 0 Å². The highest BCUT2D eigenvalue weighted by Gasteiger charge is 2.74. The average Bonchev–Trinajstić information content (AvgIpc) is 3.29. The lowest BCUT2D eigenvalue weighted by Gasteiger charge is -2.29. The number of carbonyl (C=O) groups is 2. The van der Waals surface area contributed by atoms with Gasteiger partial charge >= 0.3 is 24.6 Å². The number of aromatic nitrogens is 3. The molecule has 238 valence electrons. The molecular formula is C23H18F9N7O4S. The van der Waals surface area contributed by atoms with Gasteiger partial charge in [0, 0.05) is 28.3 Å². The number of carbonyl (C=O) groups excluding carboxylic acids is 2. The van der Waals surface area contributed by atoms with E-state index in [0.29, 0.717) is 34.5 Å². The molecule has 3 aromatic rings. The van der Waals surface area contributed by atoms with E-state index in [1.807, 2.05) is 5.32 Å². The molecule has 0 aliphatic rings. The molecule has 0 spiro atoms. The third-order valence-corrected chi connectivity index (χ3v) is 6.68. The van der Waals surface area contributed by atoms with Crippen LogP contribution in [0.25, 0.3) is 0 Å². The molecule has 1 heterocycles. The predicted molar refractivity (Wildman–Crippen MR) is 134 cm³/mol. The number of anilines is 1. The average molecular weight is 659 g/mol. The third kappa shape index (κ3) is 6.72. The molecule has 0 saturated carbocycles. The quantitative estimate of drug-likeness (QED) is 0.157. The van der Waals surface area contributed by atoms with Crippen molar-refractivity contribution in [1.29, 1.82) is 0 Å². The molecule has 0 saturated heterocycles. The van der Waals surface area contributed by atoms with E-state index in [-0.39, 0.29) is 23.3 Å². The molecule has 44 heavy (non-hydrogen) atoms. The minimum atomic E-state index is -6.73. The Labute approximate surface area is 244 Å². The first-order valence-electron chi connectivity index (χ1n) is 11.6. The summed E-state index contributed by atoms with van der Waals surface area (Å²) in [7, 11) is 3.13. The van der Waals surface area contributed by atoms with Crippen molar-refractivity contribution in [3.05, 3.63) is 69.0 Å². The first-order chi connectivity index (χ1) is 20.2. The largest absolute Gasteiger partial charge is 0.460 e. The van der Waals surface area contributed by atoms with Gasteiger partial charge in [-0.2, -0.15) is 39.5 Å². The number of nitrogens with one attached hydrogen (secondary N) is 1. The molecule has 0 aliphatic carbocycles. The van der Waals surface area contributed by atoms with E-state index in [1.165, 1.54) is 4.90 Å². The molecule has 0 unspecified atom stereocenters. The number of primary amides is 1. The van der Waals surface area contributed by atoms with Gasteiger partial charge in [0.05, 0.1) is 22.6 Å². The van der Waals surface area contributed by atoms with Crippen LogP contribution < -0.4 is 11.1 Å². The molecule has 3 rings (SSSR count). The lowest BCUT2D eigenvalue weighted by atomic mass is 9.95. The summed E-state index contributed by atoms with van der Waals surface area (Å²) in [6, 6.07) is 3.39. The van der Waals surface area contributed by atoms with Gasteiger partial charge in [-0.3, -0.25) is 19.7 Å². The highest BCUT2D eigenvalue weighted by molar-refractivity contribution is 7.99. The minimum Gasteiger partial charge on any atom is -0.366 e. The van der Waals surface area contributed by atoms with Crippen LogP contribution in [0.15, 0.2) is 46.5 Å². The van der Waals surface area contributed by atoms with Crippen LogP contribution in [0.4, 0.5) is 50.9 Å². The van der Waals surface area contributed by atoms with Crippen molar-refractivity contribution in [3.63, 3.8) is 0 Å². The van der Waals surface area contributed by atoms with Gasteiger partial charge < -0.3 is 16.0 Å². The minimum absolute atomic E-state index is 0.00977. The molecule has 11 nitrogen and oxygen atoms in total. The predicted octanol–water partition coefficient (Wildman–Crippen LogP) is 5.43. The van der Waals surface area contributed by atoms with Crippen LogP contribution in [0.3, 0.4) is 0 Å². The van der Waals surface area contributed by atoms with Gasteiger partial charge in [0.15, 0.2) is 5.82 Å². The molecule has 3 N–H and O–H groups in total. The maximum Gasteiger partial charge on any atom is 0.460 e. The Morgan fingerprint density at radius 2 is 1.68 bits per heavy atom. The van der Waals surface area contributed by atoms with E-state index in [9.17, 15) is 59.2 Å². The standard InChI is InChI=1S/C23H18F9N7O4S/c1-37(2)9-16-35-36-20(38(16)19(24)25)44-15-6-4-11(39(42)43)8-13(15)18(41)34-10-3-5-14(12(7-10)17(33)40)21(26,27)22(28,29)23(30,31)32/h3-8,19H,9H2,1-2H3,(H2,33,40)(H,34,41). The van der Waals surface area contributed by atoms with Gasteiger partial charge in [-0.1, -0.05) is 0 Å². The van der Waals surface area contributed by atoms with E-state index in [4.69, 9.17) is 5.73 Å². The Morgan fingerprint density at radius 3 is 2.20 bits per heavy atom. The summed E-state index contributed by atoms with van der Waals surface area (Å²) in [6.07, 6.45) is -6.73. The summed E-state index contributed by atoms with van der Waals surface area (Å²) in [4.78, 5) is 36.6. The van der Waals surface area contributed by atoms with Crippen LogP contribution in [-0.2, 0) is 12.5 Å². The fraction of sp³-hybridized carbons (Fsp3) is 0.304. The van der Waals surface area contributed by atoms with Gasteiger partial charge in [0.25, 0.3) is 11.6 Å². The first-order valence-corrected chi connectivity index (χ1v) is 12.4. The molecule has 0 bridgehead atoms. The number of hydrogen-bond donors (Lipinski definition) is 2. The summed E-state index contributed by atoms with van der Waals surface area (Å²) < 4.78 is 122. The number of halogens is 9. The molecule has 2 amide bonds. The van der Waals surface area contributed by atoms with Gasteiger partial charge in [0.2, 0.25) is 11.1 Å². The van der Waals surface area contributed by atoms with Crippen LogP contribution in [-0.4, -0.2) is 62.6 Å². The van der Waals surface area contributed by atoms with E-state index in [1.54, 1.807) is 14.1 Å². The topological polar surface area (TPSA) is 149 Å². The number of alkyl halides is 9. The number of amides is 2. The number of benzene rings is 2. The first kappa shape index (κ1) is 34.1. The smallest absolute Gasteiger partial charge is 0.366 e. The Kier molecular flexibility index (Phi) is 9.53. The second-order valence-corrected chi connectivity index (χ2v) is 10.1. The maximum absolute atomic E-state index is 14.3. The molecule has 0 atom stereocenters. The van der Waals surface area contributed by atoms with Crippen molar-refractivity contribution in [2.75, 3.05) is 19.4 Å². The molecule has 1 aromatic heterocycles. The number of nitrogens with zero attached hydrogens (tertiary/aromatic N) is 5.